The zero-order chi connectivity index (χ0) is 21.7. The number of nitrogens with zero attached hydrogens (tertiary/aromatic N) is 4. The minimum absolute atomic E-state index is 0.0755. The highest BCUT2D eigenvalue weighted by atomic mass is 35.5. The third kappa shape index (κ3) is 3.68. The lowest BCUT2D eigenvalue weighted by molar-refractivity contribution is 0.0277. The maximum Gasteiger partial charge on any atom is 0.314 e. The van der Waals surface area contributed by atoms with E-state index in [1.165, 1.54) is 6.20 Å². The van der Waals surface area contributed by atoms with Gasteiger partial charge in [0.2, 0.25) is 5.89 Å². The van der Waals surface area contributed by atoms with Crippen molar-refractivity contribution in [3.8, 4) is 11.5 Å². The van der Waals surface area contributed by atoms with Gasteiger partial charge in [-0.2, -0.15) is 8.78 Å². The Balaban J connectivity index is 1.43. The lowest BCUT2D eigenvalue weighted by atomic mass is 10.0. The van der Waals surface area contributed by atoms with Crippen LogP contribution in [0.4, 0.5) is 8.78 Å². The molecule has 0 bridgehead atoms. The van der Waals surface area contributed by atoms with E-state index in [0.717, 1.165) is 18.4 Å². The Kier molecular flexibility index (Phi) is 4.94. The van der Waals surface area contributed by atoms with E-state index in [1.807, 2.05) is 0 Å². The van der Waals surface area contributed by atoms with Gasteiger partial charge in [0.05, 0.1) is 16.8 Å². The maximum absolute atomic E-state index is 13.2. The topological polar surface area (TPSA) is 92.4 Å². The normalized spacial score (nSPS) is 17.8. The molecule has 2 atom stereocenters. The molecule has 10 heteroatoms. The SMILES string of the molecule is O=C1c2cc(-c3nnc(C(F)F)o3)ccc2CN1[C@H](C1CC1)[C@@H](O)c1ccc(Cl)cn1. The molecule has 1 aromatic carbocycles. The summed E-state index contributed by atoms with van der Waals surface area (Å²) in [5.74, 6) is -0.908. The molecule has 5 rings (SSSR count). The molecule has 3 heterocycles. The van der Waals surface area contributed by atoms with Crippen molar-refractivity contribution in [3.05, 3.63) is 64.3 Å². The number of amides is 1. The largest absolute Gasteiger partial charge is 0.415 e. The average molecular weight is 447 g/mol. The van der Waals surface area contributed by atoms with E-state index in [9.17, 15) is 18.7 Å². The first kappa shape index (κ1) is 20.0. The molecule has 2 aliphatic rings. The molecular formula is C21H17ClF2N4O3. The van der Waals surface area contributed by atoms with Crippen molar-refractivity contribution in [1.82, 2.24) is 20.1 Å². The summed E-state index contributed by atoms with van der Waals surface area (Å²) in [6.07, 6.45) is -0.519. The third-order valence-corrected chi connectivity index (χ3v) is 5.88. The number of carbonyl (C=O) groups is 1. The molecule has 1 aliphatic carbocycles. The van der Waals surface area contributed by atoms with Crippen LogP contribution < -0.4 is 0 Å². The van der Waals surface area contributed by atoms with Gasteiger partial charge in [0.15, 0.2) is 0 Å². The summed E-state index contributed by atoms with van der Waals surface area (Å²) in [5, 5.41) is 18.5. The summed E-state index contributed by atoms with van der Waals surface area (Å²) in [4.78, 5) is 19.1. The number of aliphatic hydroxyl groups excluding tert-OH is 1. The first-order valence-electron chi connectivity index (χ1n) is 9.77. The standard InChI is InChI=1S/C21H17ClF2N4O3/c22-13-5-6-15(25-8-13)17(29)16(10-1-2-10)28-9-12-4-3-11(7-14(12)21(28)30)19-26-27-20(31-19)18(23)24/h3-8,10,16-18,29H,1-2,9H2/t16-,17+/m1/s1. The molecule has 1 aliphatic heterocycles. The number of fused-ring (bicyclic) bond motifs is 1. The summed E-state index contributed by atoms with van der Waals surface area (Å²) in [5.41, 5.74) is 2.05. The molecule has 1 N–H and O–H groups in total. The maximum atomic E-state index is 13.2. The van der Waals surface area contributed by atoms with Gasteiger partial charge in [-0.15, -0.1) is 10.2 Å². The van der Waals surface area contributed by atoms with E-state index < -0.39 is 24.5 Å². The number of halogens is 3. The van der Waals surface area contributed by atoms with Gasteiger partial charge < -0.3 is 14.4 Å². The summed E-state index contributed by atoms with van der Waals surface area (Å²) in [6.45, 7) is 0.340. The van der Waals surface area contributed by atoms with Gasteiger partial charge in [0.1, 0.15) is 6.10 Å². The summed E-state index contributed by atoms with van der Waals surface area (Å²) in [7, 11) is 0. The smallest absolute Gasteiger partial charge is 0.314 e. The minimum atomic E-state index is -2.87. The van der Waals surface area contributed by atoms with Crippen LogP contribution in [-0.2, 0) is 6.54 Å². The Morgan fingerprint density at radius 3 is 2.65 bits per heavy atom. The number of rotatable bonds is 6. The molecule has 3 aromatic rings. The van der Waals surface area contributed by atoms with E-state index in [4.69, 9.17) is 16.0 Å². The van der Waals surface area contributed by atoms with Crippen LogP contribution in [-0.4, -0.2) is 37.1 Å². The Hall–Kier alpha value is -2.91. The fourth-order valence-electron chi connectivity index (χ4n) is 3.99. The van der Waals surface area contributed by atoms with Gasteiger partial charge in [-0.05, 0) is 48.6 Å². The number of carbonyl (C=O) groups excluding carboxylic acids is 1. The first-order chi connectivity index (χ1) is 14.9. The van der Waals surface area contributed by atoms with E-state index in [2.05, 4.69) is 15.2 Å². The van der Waals surface area contributed by atoms with Crippen LogP contribution in [0, 0.1) is 5.92 Å². The Labute approximate surface area is 180 Å². The fraction of sp³-hybridized carbons (Fsp3) is 0.333. The Morgan fingerprint density at radius 1 is 1.19 bits per heavy atom. The third-order valence-electron chi connectivity index (χ3n) is 5.66. The van der Waals surface area contributed by atoms with Crippen LogP contribution >= 0.6 is 11.6 Å². The van der Waals surface area contributed by atoms with E-state index >= 15 is 0 Å². The molecule has 2 aromatic heterocycles. The molecule has 0 radical (unpaired) electrons. The molecule has 0 unspecified atom stereocenters. The number of hydrogen-bond acceptors (Lipinski definition) is 6. The number of alkyl halides is 2. The highest BCUT2D eigenvalue weighted by Gasteiger charge is 2.45. The number of hydrogen-bond donors (Lipinski definition) is 1. The predicted molar refractivity (Wildman–Crippen MR) is 105 cm³/mol. The molecule has 0 spiro atoms. The zero-order valence-corrected chi connectivity index (χ0v) is 16.8. The molecule has 1 saturated carbocycles. The molecule has 160 valence electrons. The molecule has 1 fully saturated rings. The second kappa shape index (κ2) is 7.65. The van der Waals surface area contributed by atoms with Crippen molar-refractivity contribution in [2.75, 3.05) is 0 Å². The van der Waals surface area contributed by atoms with Gasteiger partial charge in [0.25, 0.3) is 11.8 Å². The van der Waals surface area contributed by atoms with E-state index in [0.29, 0.717) is 28.4 Å². The van der Waals surface area contributed by atoms with Crippen molar-refractivity contribution < 1.29 is 23.1 Å². The summed E-state index contributed by atoms with van der Waals surface area (Å²) in [6, 6.07) is 7.85. The van der Waals surface area contributed by atoms with Crippen molar-refractivity contribution in [2.45, 2.75) is 38.0 Å². The van der Waals surface area contributed by atoms with E-state index in [1.54, 1.807) is 35.2 Å². The van der Waals surface area contributed by atoms with Crippen LogP contribution in [0.15, 0.2) is 40.9 Å². The van der Waals surface area contributed by atoms with Gasteiger partial charge in [0, 0.05) is 23.9 Å². The van der Waals surface area contributed by atoms with Crippen molar-refractivity contribution >= 4 is 17.5 Å². The summed E-state index contributed by atoms with van der Waals surface area (Å²) < 4.78 is 30.5. The van der Waals surface area contributed by atoms with Crippen molar-refractivity contribution in [1.29, 1.82) is 0 Å². The molecular weight excluding hydrogens is 430 g/mol. The monoisotopic (exact) mass is 446 g/mol. The van der Waals surface area contributed by atoms with Crippen LogP contribution in [0.5, 0.6) is 0 Å². The van der Waals surface area contributed by atoms with Gasteiger partial charge in [-0.3, -0.25) is 9.78 Å². The number of benzene rings is 1. The van der Waals surface area contributed by atoms with Crippen LogP contribution in [0.1, 0.15) is 52.9 Å². The Morgan fingerprint density at radius 2 is 2.00 bits per heavy atom. The van der Waals surface area contributed by atoms with Gasteiger partial charge in [-0.1, -0.05) is 17.7 Å². The van der Waals surface area contributed by atoms with E-state index in [-0.39, 0.29) is 17.7 Å². The van der Waals surface area contributed by atoms with Gasteiger partial charge >= 0.3 is 6.43 Å². The first-order valence-corrected chi connectivity index (χ1v) is 10.2. The highest BCUT2D eigenvalue weighted by Crippen LogP contribution is 2.44. The second-order valence-electron chi connectivity index (χ2n) is 7.73. The van der Waals surface area contributed by atoms with Crippen molar-refractivity contribution in [2.24, 2.45) is 5.92 Å². The average Bonchev–Trinajstić information content (AvgIpc) is 3.36. The predicted octanol–water partition coefficient (Wildman–Crippen LogP) is 4.19. The van der Waals surface area contributed by atoms with Crippen LogP contribution in [0.3, 0.4) is 0 Å². The number of aromatic nitrogens is 3. The number of pyridine rings is 1. The second-order valence-corrected chi connectivity index (χ2v) is 8.16. The lowest BCUT2D eigenvalue weighted by Crippen LogP contribution is -2.41. The number of aliphatic hydroxyl groups is 1. The zero-order valence-electron chi connectivity index (χ0n) is 16.1. The molecule has 7 nitrogen and oxygen atoms in total. The lowest BCUT2D eigenvalue weighted by Gasteiger charge is -2.31. The summed E-state index contributed by atoms with van der Waals surface area (Å²) >= 11 is 5.90. The minimum Gasteiger partial charge on any atom is -0.415 e. The fourth-order valence-corrected chi connectivity index (χ4v) is 4.11. The van der Waals surface area contributed by atoms with Crippen LogP contribution in [0.25, 0.3) is 11.5 Å². The van der Waals surface area contributed by atoms with Crippen LogP contribution in [0.2, 0.25) is 5.02 Å². The Bertz CT molecular complexity index is 1130. The van der Waals surface area contributed by atoms with Gasteiger partial charge in [-0.25, -0.2) is 0 Å². The molecule has 31 heavy (non-hydrogen) atoms. The molecule has 0 saturated heterocycles. The quantitative estimate of drug-likeness (QED) is 0.610. The highest BCUT2D eigenvalue weighted by molar-refractivity contribution is 6.30. The molecule has 1 amide bonds. The van der Waals surface area contributed by atoms with Crippen molar-refractivity contribution in [3.63, 3.8) is 0 Å².